The molecule has 0 bridgehead atoms. The predicted octanol–water partition coefficient (Wildman–Crippen LogP) is 0.863. The van der Waals surface area contributed by atoms with Gasteiger partial charge in [-0.3, -0.25) is 9.59 Å². The van der Waals surface area contributed by atoms with Gasteiger partial charge in [0, 0.05) is 5.56 Å². The Kier molecular flexibility index (Phi) is 6.37. The van der Waals surface area contributed by atoms with Crippen LogP contribution in [0.5, 0.6) is 5.75 Å². The molecule has 1 amide bonds. The van der Waals surface area contributed by atoms with E-state index in [1.807, 2.05) is 0 Å². The summed E-state index contributed by atoms with van der Waals surface area (Å²) in [4.78, 5) is 35.3. The summed E-state index contributed by atoms with van der Waals surface area (Å²) in [7, 11) is 2.45. The van der Waals surface area contributed by atoms with Crippen LogP contribution >= 0.6 is 0 Å². The zero-order chi connectivity index (χ0) is 16.7. The molecule has 1 rings (SSSR count). The summed E-state index contributed by atoms with van der Waals surface area (Å²) in [5.41, 5.74) is 0.275. The number of methoxy groups -OCH3 is 2. The minimum absolute atomic E-state index is 0.0279. The Balaban J connectivity index is 2.84. The zero-order valence-electron chi connectivity index (χ0n) is 12.7. The average molecular weight is 309 g/mol. The summed E-state index contributed by atoms with van der Waals surface area (Å²) in [6.07, 6.45) is -0.0356. The molecule has 22 heavy (non-hydrogen) atoms. The van der Waals surface area contributed by atoms with E-state index in [9.17, 15) is 19.5 Å². The number of nitrogens with one attached hydrogen (secondary N) is 1. The van der Waals surface area contributed by atoms with Crippen LogP contribution in [0.15, 0.2) is 24.3 Å². The lowest BCUT2D eigenvalue weighted by atomic mass is 9.98. The topological polar surface area (TPSA) is 102 Å². The second-order valence-corrected chi connectivity index (χ2v) is 4.78. The van der Waals surface area contributed by atoms with E-state index in [1.165, 1.54) is 38.5 Å². The van der Waals surface area contributed by atoms with Crippen LogP contribution < -0.4 is 5.32 Å². The van der Waals surface area contributed by atoms with Gasteiger partial charge < -0.3 is 19.9 Å². The number of benzene rings is 1. The van der Waals surface area contributed by atoms with E-state index >= 15 is 0 Å². The summed E-state index contributed by atoms with van der Waals surface area (Å²) in [6, 6.07) is 4.58. The average Bonchev–Trinajstić information content (AvgIpc) is 2.51. The van der Waals surface area contributed by atoms with Gasteiger partial charge in [-0.05, 0) is 30.2 Å². The Labute approximate surface area is 128 Å². The molecule has 7 nitrogen and oxygen atoms in total. The monoisotopic (exact) mass is 309 g/mol. The number of hydrogen-bond donors (Lipinski definition) is 2. The number of aromatic hydroxyl groups is 1. The van der Waals surface area contributed by atoms with Crippen molar-refractivity contribution < 1.29 is 29.0 Å². The fourth-order valence-electron chi connectivity index (χ4n) is 1.86. The minimum atomic E-state index is -0.981. The quantitative estimate of drug-likeness (QED) is 0.756. The highest BCUT2D eigenvalue weighted by Crippen LogP contribution is 2.14. The number of hydrogen-bond acceptors (Lipinski definition) is 6. The first-order valence-electron chi connectivity index (χ1n) is 6.63. The molecular formula is C15H19NO6. The van der Waals surface area contributed by atoms with Crippen LogP contribution in [0.2, 0.25) is 0 Å². The standard InChI is InChI=1S/C15H19NO6/c1-9(8-12(18)21-2)13(15(20)22-3)16-14(19)10-4-6-11(17)7-5-10/h4-7,9,13,17H,8H2,1-3H3,(H,16,19)/t9-,13-/m0/s1. The van der Waals surface area contributed by atoms with E-state index in [4.69, 9.17) is 0 Å². The third kappa shape index (κ3) is 4.76. The van der Waals surface area contributed by atoms with Crippen LogP contribution in [0.25, 0.3) is 0 Å². The first kappa shape index (κ1) is 17.5. The molecule has 0 heterocycles. The van der Waals surface area contributed by atoms with Crippen molar-refractivity contribution in [2.24, 2.45) is 5.92 Å². The Morgan fingerprint density at radius 2 is 1.73 bits per heavy atom. The molecule has 2 N–H and O–H groups in total. The van der Waals surface area contributed by atoms with Crippen molar-refractivity contribution >= 4 is 17.8 Å². The van der Waals surface area contributed by atoms with Gasteiger partial charge in [0.25, 0.3) is 5.91 Å². The molecule has 0 aliphatic carbocycles. The minimum Gasteiger partial charge on any atom is -0.508 e. The third-order valence-electron chi connectivity index (χ3n) is 3.16. The maximum atomic E-state index is 12.1. The Bertz CT molecular complexity index is 539. The molecule has 0 aliphatic heterocycles. The number of rotatable bonds is 6. The molecule has 0 fully saturated rings. The number of phenols is 1. The Morgan fingerprint density at radius 1 is 1.14 bits per heavy atom. The fraction of sp³-hybridized carbons (Fsp3) is 0.400. The van der Waals surface area contributed by atoms with Gasteiger partial charge in [-0.25, -0.2) is 4.79 Å². The molecule has 0 unspecified atom stereocenters. The summed E-state index contributed by atoms with van der Waals surface area (Å²) in [5, 5.41) is 11.7. The number of carbonyl (C=O) groups is 3. The Hall–Kier alpha value is -2.57. The second kappa shape index (κ2) is 8.02. The smallest absolute Gasteiger partial charge is 0.328 e. The molecule has 0 saturated heterocycles. The van der Waals surface area contributed by atoms with Crippen molar-refractivity contribution in [3.8, 4) is 5.75 Å². The van der Waals surface area contributed by atoms with Crippen molar-refractivity contribution in [2.75, 3.05) is 14.2 Å². The lowest BCUT2D eigenvalue weighted by Gasteiger charge is -2.22. The van der Waals surface area contributed by atoms with Crippen LogP contribution in [-0.2, 0) is 19.1 Å². The summed E-state index contributed by atoms with van der Waals surface area (Å²) in [6.45, 7) is 1.63. The molecule has 1 aromatic rings. The Morgan fingerprint density at radius 3 is 2.23 bits per heavy atom. The van der Waals surface area contributed by atoms with Crippen LogP contribution in [-0.4, -0.2) is 43.2 Å². The number of phenolic OH excluding ortho intramolecular Hbond substituents is 1. The van der Waals surface area contributed by atoms with Gasteiger partial charge in [0.15, 0.2) is 0 Å². The molecule has 7 heteroatoms. The van der Waals surface area contributed by atoms with Crippen LogP contribution in [0.1, 0.15) is 23.7 Å². The number of amides is 1. The van der Waals surface area contributed by atoms with E-state index in [-0.39, 0.29) is 17.7 Å². The van der Waals surface area contributed by atoms with E-state index in [1.54, 1.807) is 6.92 Å². The van der Waals surface area contributed by atoms with Crippen LogP contribution in [0.4, 0.5) is 0 Å². The molecule has 0 radical (unpaired) electrons. The highest BCUT2D eigenvalue weighted by molar-refractivity contribution is 5.97. The molecule has 0 aromatic heterocycles. The first-order chi connectivity index (χ1) is 10.4. The number of esters is 2. The lowest BCUT2D eigenvalue weighted by molar-refractivity contribution is -0.146. The van der Waals surface area contributed by atoms with Crippen molar-refractivity contribution in [3.63, 3.8) is 0 Å². The maximum Gasteiger partial charge on any atom is 0.328 e. The molecule has 1 aromatic carbocycles. The summed E-state index contributed by atoms with van der Waals surface area (Å²) < 4.78 is 9.21. The van der Waals surface area contributed by atoms with Gasteiger partial charge in [0.1, 0.15) is 11.8 Å². The third-order valence-corrected chi connectivity index (χ3v) is 3.16. The van der Waals surface area contributed by atoms with Crippen molar-refractivity contribution in [1.29, 1.82) is 0 Å². The van der Waals surface area contributed by atoms with Crippen molar-refractivity contribution in [3.05, 3.63) is 29.8 Å². The van der Waals surface area contributed by atoms with Gasteiger partial charge in [0.2, 0.25) is 0 Å². The van der Waals surface area contributed by atoms with Gasteiger partial charge in [-0.1, -0.05) is 6.92 Å². The zero-order valence-corrected chi connectivity index (χ0v) is 12.7. The first-order valence-corrected chi connectivity index (χ1v) is 6.63. The van der Waals surface area contributed by atoms with E-state index in [0.29, 0.717) is 0 Å². The summed E-state index contributed by atoms with van der Waals surface area (Å²) in [5.74, 6) is -2.11. The van der Waals surface area contributed by atoms with Gasteiger partial charge >= 0.3 is 11.9 Å². The molecule has 120 valence electrons. The highest BCUT2D eigenvalue weighted by Gasteiger charge is 2.29. The van der Waals surface area contributed by atoms with E-state index < -0.39 is 29.8 Å². The molecule has 0 spiro atoms. The molecule has 0 saturated carbocycles. The van der Waals surface area contributed by atoms with Gasteiger partial charge in [0.05, 0.1) is 20.6 Å². The van der Waals surface area contributed by atoms with Crippen LogP contribution in [0, 0.1) is 5.92 Å². The van der Waals surface area contributed by atoms with Gasteiger partial charge in [-0.2, -0.15) is 0 Å². The fourth-order valence-corrected chi connectivity index (χ4v) is 1.86. The van der Waals surface area contributed by atoms with Crippen molar-refractivity contribution in [1.82, 2.24) is 5.32 Å². The molecule has 0 aliphatic rings. The molecular weight excluding hydrogens is 290 g/mol. The largest absolute Gasteiger partial charge is 0.508 e. The van der Waals surface area contributed by atoms with Crippen LogP contribution in [0.3, 0.4) is 0 Å². The van der Waals surface area contributed by atoms with E-state index in [2.05, 4.69) is 14.8 Å². The molecule has 2 atom stereocenters. The number of ether oxygens (including phenoxy) is 2. The SMILES string of the molecule is COC(=O)C[C@H](C)[C@H](NC(=O)c1ccc(O)cc1)C(=O)OC. The highest BCUT2D eigenvalue weighted by atomic mass is 16.5. The second-order valence-electron chi connectivity index (χ2n) is 4.78. The van der Waals surface area contributed by atoms with Crippen molar-refractivity contribution in [2.45, 2.75) is 19.4 Å². The summed E-state index contributed by atoms with van der Waals surface area (Å²) >= 11 is 0. The maximum absolute atomic E-state index is 12.1. The predicted molar refractivity (Wildman–Crippen MR) is 77.2 cm³/mol. The number of carbonyl (C=O) groups excluding carboxylic acids is 3. The lowest BCUT2D eigenvalue weighted by Crippen LogP contribution is -2.46. The normalized spacial score (nSPS) is 12.9. The van der Waals surface area contributed by atoms with Gasteiger partial charge in [-0.15, -0.1) is 0 Å². The van der Waals surface area contributed by atoms with E-state index in [0.717, 1.165) is 0 Å².